The number of aromatic nitrogens is 1. The Labute approximate surface area is 224 Å². The number of hydrogen-bond acceptors (Lipinski definition) is 6. The third-order valence-electron chi connectivity index (χ3n) is 6.89. The number of anilines is 1. The van der Waals surface area contributed by atoms with Gasteiger partial charge in [-0.15, -0.1) is 12.4 Å². The van der Waals surface area contributed by atoms with Crippen molar-refractivity contribution < 1.29 is 13.2 Å². The number of rotatable bonds is 9. The maximum Gasteiger partial charge on any atom is 0.260 e. The van der Waals surface area contributed by atoms with Crippen molar-refractivity contribution in [1.82, 2.24) is 14.2 Å². The molecule has 0 bridgehead atoms. The highest BCUT2D eigenvalue weighted by molar-refractivity contribution is 7.89. The molecule has 0 unspecified atom stereocenters. The lowest BCUT2D eigenvalue weighted by atomic mass is 10.1. The van der Waals surface area contributed by atoms with Crippen LogP contribution in [0.1, 0.15) is 48.2 Å². The van der Waals surface area contributed by atoms with E-state index in [0.29, 0.717) is 30.3 Å². The van der Waals surface area contributed by atoms with Gasteiger partial charge in [-0.3, -0.25) is 9.69 Å². The molecule has 1 aliphatic heterocycles. The molecule has 1 aromatic heterocycles. The third kappa shape index (κ3) is 5.75. The van der Waals surface area contributed by atoms with Crippen LogP contribution < -0.4 is 4.90 Å². The van der Waals surface area contributed by atoms with E-state index >= 15 is 0 Å². The molecule has 0 atom stereocenters. The van der Waals surface area contributed by atoms with Gasteiger partial charge in [0, 0.05) is 31.7 Å². The van der Waals surface area contributed by atoms with Crippen LogP contribution in [-0.4, -0.2) is 67.8 Å². The van der Waals surface area contributed by atoms with E-state index in [1.807, 2.05) is 0 Å². The smallest absolute Gasteiger partial charge is 0.260 e. The van der Waals surface area contributed by atoms with Crippen LogP contribution in [0.5, 0.6) is 0 Å². The number of aryl methyl sites for hydroxylation is 2. The van der Waals surface area contributed by atoms with Crippen LogP contribution in [0.15, 0.2) is 41.3 Å². The minimum atomic E-state index is -3.52. The zero-order valence-corrected chi connectivity index (χ0v) is 23.8. The SMILES string of the molecule is CCN(CC)CCN(C(=O)c1ccc(S(=O)(=O)N2CCCC2)cc1)c1nc2c(C)c(C)ccc2s1.Cl. The topological polar surface area (TPSA) is 73.8 Å². The Hall–Kier alpha value is -2.04. The molecule has 196 valence electrons. The lowest BCUT2D eigenvalue weighted by molar-refractivity contribution is 0.0983. The van der Waals surface area contributed by atoms with E-state index in [1.165, 1.54) is 21.2 Å². The standard InChI is InChI=1S/C26H34N4O3S2.ClH/c1-5-28(6-2)17-18-30(26-27-24-20(4)19(3)9-14-23(24)34-26)25(31)21-10-12-22(13-11-21)35(32,33)29-15-7-8-16-29;/h9-14H,5-8,15-18H2,1-4H3;1H. The van der Waals surface area contributed by atoms with Gasteiger partial charge in [0.15, 0.2) is 5.13 Å². The summed E-state index contributed by atoms with van der Waals surface area (Å²) in [4.78, 5) is 22.8. The molecule has 0 radical (unpaired) electrons. The first-order valence-electron chi connectivity index (χ1n) is 12.3. The predicted octanol–water partition coefficient (Wildman–Crippen LogP) is 5.11. The number of hydrogen-bond donors (Lipinski definition) is 0. The molecule has 1 amide bonds. The van der Waals surface area contributed by atoms with Gasteiger partial charge < -0.3 is 4.90 Å². The molecule has 4 rings (SSSR count). The number of carbonyl (C=O) groups excluding carboxylic acids is 1. The van der Waals surface area contributed by atoms with E-state index in [1.54, 1.807) is 29.2 Å². The number of fused-ring (bicyclic) bond motifs is 1. The highest BCUT2D eigenvalue weighted by Crippen LogP contribution is 2.33. The van der Waals surface area contributed by atoms with Gasteiger partial charge in [-0.05, 0) is 81.2 Å². The van der Waals surface area contributed by atoms with Gasteiger partial charge in [-0.25, -0.2) is 13.4 Å². The molecule has 36 heavy (non-hydrogen) atoms. The van der Waals surface area contributed by atoms with Crippen LogP contribution >= 0.6 is 23.7 Å². The first-order valence-corrected chi connectivity index (χ1v) is 14.5. The first-order chi connectivity index (χ1) is 16.8. The Balaban J connectivity index is 0.00000361. The Morgan fingerprint density at radius 2 is 1.64 bits per heavy atom. The van der Waals surface area contributed by atoms with Gasteiger partial charge in [0.1, 0.15) is 0 Å². The van der Waals surface area contributed by atoms with Gasteiger partial charge in [-0.1, -0.05) is 31.3 Å². The van der Waals surface area contributed by atoms with E-state index < -0.39 is 10.0 Å². The molecule has 1 aliphatic rings. The minimum absolute atomic E-state index is 0. The second kappa shape index (κ2) is 12.0. The maximum absolute atomic E-state index is 13.7. The second-order valence-electron chi connectivity index (χ2n) is 8.97. The zero-order valence-electron chi connectivity index (χ0n) is 21.4. The molecule has 1 fully saturated rings. The minimum Gasteiger partial charge on any atom is -0.302 e. The fourth-order valence-corrected chi connectivity index (χ4v) is 6.96. The quantitative estimate of drug-likeness (QED) is 0.370. The lowest BCUT2D eigenvalue weighted by Crippen LogP contribution is -2.38. The molecule has 7 nitrogen and oxygen atoms in total. The summed E-state index contributed by atoms with van der Waals surface area (Å²) in [7, 11) is -3.52. The predicted molar refractivity (Wildman–Crippen MR) is 150 cm³/mol. The van der Waals surface area contributed by atoms with E-state index in [-0.39, 0.29) is 23.2 Å². The van der Waals surface area contributed by atoms with Crippen molar-refractivity contribution in [1.29, 1.82) is 0 Å². The molecule has 1 saturated heterocycles. The van der Waals surface area contributed by atoms with Gasteiger partial charge in [-0.2, -0.15) is 4.31 Å². The average molecular weight is 551 g/mol. The first kappa shape index (κ1) is 28.5. The molecular weight excluding hydrogens is 516 g/mol. The summed E-state index contributed by atoms with van der Waals surface area (Å²) in [6.07, 6.45) is 1.77. The number of halogens is 1. The monoisotopic (exact) mass is 550 g/mol. The van der Waals surface area contributed by atoms with E-state index in [9.17, 15) is 13.2 Å². The second-order valence-corrected chi connectivity index (χ2v) is 11.9. The molecular formula is C26H35ClN4O3S2. The number of nitrogens with zero attached hydrogens (tertiary/aromatic N) is 4. The molecule has 2 aromatic carbocycles. The molecule has 0 N–H and O–H groups in total. The number of likely N-dealkylation sites (N-methyl/N-ethyl adjacent to an activating group) is 1. The van der Waals surface area contributed by atoms with Crippen LogP contribution in [0.4, 0.5) is 5.13 Å². The lowest BCUT2D eigenvalue weighted by Gasteiger charge is -2.25. The highest BCUT2D eigenvalue weighted by atomic mass is 35.5. The van der Waals surface area contributed by atoms with E-state index in [0.717, 1.165) is 48.3 Å². The summed E-state index contributed by atoms with van der Waals surface area (Å²) in [5.41, 5.74) is 3.68. The zero-order chi connectivity index (χ0) is 25.2. The van der Waals surface area contributed by atoms with Crippen molar-refractivity contribution in [2.24, 2.45) is 0 Å². The largest absolute Gasteiger partial charge is 0.302 e. The van der Waals surface area contributed by atoms with Crippen molar-refractivity contribution in [2.75, 3.05) is 44.2 Å². The number of sulfonamides is 1. The molecule has 3 aromatic rings. The summed E-state index contributed by atoms with van der Waals surface area (Å²) in [6, 6.07) is 10.5. The van der Waals surface area contributed by atoms with Crippen molar-refractivity contribution in [2.45, 2.75) is 45.4 Å². The molecule has 0 saturated carbocycles. The van der Waals surface area contributed by atoms with Crippen LogP contribution in [0.25, 0.3) is 10.2 Å². The molecule has 0 aliphatic carbocycles. The highest BCUT2D eigenvalue weighted by Gasteiger charge is 2.28. The van der Waals surface area contributed by atoms with Crippen LogP contribution in [-0.2, 0) is 10.0 Å². The fraction of sp³-hybridized carbons (Fsp3) is 0.462. The molecule has 0 spiro atoms. The summed E-state index contributed by atoms with van der Waals surface area (Å²) < 4.78 is 28.4. The average Bonchev–Trinajstić information content (AvgIpc) is 3.55. The van der Waals surface area contributed by atoms with Crippen LogP contribution in [0.2, 0.25) is 0 Å². The van der Waals surface area contributed by atoms with E-state index in [2.05, 4.69) is 44.7 Å². The molecule has 2 heterocycles. The Kier molecular flexibility index (Phi) is 9.51. The Bertz CT molecular complexity index is 1300. The van der Waals surface area contributed by atoms with Crippen molar-refractivity contribution in [3.63, 3.8) is 0 Å². The van der Waals surface area contributed by atoms with Crippen LogP contribution in [0.3, 0.4) is 0 Å². The summed E-state index contributed by atoms with van der Waals surface area (Å²) >= 11 is 1.52. The Morgan fingerprint density at radius 3 is 2.25 bits per heavy atom. The van der Waals surface area contributed by atoms with Crippen molar-refractivity contribution in [3.05, 3.63) is 53.1 Å². The fourth-order valence-electron chi connectivity index (χ4n) is 4.40. The summed E-state index contributed by atoms with van der Waals surface area (Å²) in [5, 5.41) is 0.666. The summed E-state index contributed by atoms with van der Waals surface area (Å²) in [5.74, 6) is -0.171. The molecule has 10 heteroatoms. The maximum atomic E-state index is 13.7. The van der Waals surface area contributed by atoms with Gasteiger partial charge >= 0.3 is 0 Å². The number of amides is 1. The van der Waals surface area contributed by atoms with Crippen LogP contribution in [0, 0.1) is 13.8 Å². The number of thiazole rings is 1. The number of carbonyl (C=O) groups is 1. The Morgan fingerprint density at radius 1 is 1.00 bits per heavy atom. The third-order valence-corrected chi connectivity index (χ3v) is 9.84. The van der Waals surface area contributed by atoms with Crippen molar-refractivity contribution >= 4 is 55.0 Å². The summed E-state index contributed by atoms with van der Waals surface area (Å²) in [6.45, 7) is 12.5. The normalized spacial score (nSPS) is 14.4. The number of benzene rings is 2. The van der Waals surface area contributed by atoms with Gasteiger partial charge in [0.2, 0.25) is 10.0 Å². The van der Waals surface area contributed by atoms with Gasteiger partial charge in [0.25, 0.3) is 5.91 Å². The van der Waals surface area contributed by atoms with E-state index in [4.69, 9.17) is 4.98 Å². The van der Waals surface area contributed by atoms with Crippen molar-refractivity contribution in [3.8, 4) is 0 Å². The van der Waals surface area contributed by atoms with Gasteiger partial charge in [0.05, 0.1) is 15.1 Å².